The third-order valence-corrected chi connectivity index (χ3v) is 12.2. The molecule has 73 heavy (non-hydrogen) atoms. The van der Waals surface area contributed by atoms with Crippen molar-refractivity contribution >= 4 is 0 Å². The molecule has 0 atom stereocenters. The van der Waals surface area contributed by atoms with Gasteiger partial charge in [0, 0.05) is 0 Å². The van der Waals surface area contributed by atoms with Gasteiger partial charge in [-0.3, -0.25) is 0 Å². The van der Waals surface area contributed by atoms with Gasteiger partial charge in [0.15, 0.2) is 0 Å². The first-order valence-electron chi connectivity index (χ1n) is 25.1. The fourth-order valence-electron chi connectivity index (χ4n) is 7.80. The number of benzene rings is 10. The highest BCUT2D eigenvalue weighted by atomic mass is 19.1. The van der Waals surface area contributed by atoms with E-state index >= 15 is 0 Å². The predicted molar refractivity (Wildman–Crippen MR) is 311 cm³/mol. The highest BCUT2D eigenvalue weighted by Gasteiger charge is 2.10. The Morgan fingerprint density at radius 2 is 0.507 bits per heavy atom. The zero-order valence-corrected chi connectivity index (χ0v) is 44.6. The van der Waals surface area contributed by atoms with E-state index in [-0.39, 0.29) is 11.6 Å². The van der Waals surface area contributed by atoms with Crippen molar-refractivity contribution in [2.24, 2.45) is 0 Å². The Balaban J connectivity index is 0.000000186. The van der Waals surface area contributed by atoms with Crippen molar-refractivity contribution in [1.82, 2.24) is 0 Å². The summed E-state index contributed by atoms with van der Waals surface area (Å²) in [5.41, 5.74) is 21.5. The molecule has 0 aliphatic carbocycles. The lowest BCUT2D eigenvalue weighted by atomic mass is 9.92. The van der Waals surface area contributed by atoms with Crippen LogP contribution in [0.4, 0.5) is 8.78 Å². The molecule has 0 aliphatic heterocycles. The van der Waals surface area contributed by atoms with Gasteiger partial charge in [-0.25, -0.2) is 8.78 Å². The second-order valence-corrected chi connectivity index (χ2v) is 18.7. The molecule has 0 heterocycles. The van der Waals surface area contributed by atoms with Crippen LogP contribution in [0.3, 0.4) is 0 Å². The molecular formula is C71H72F2. The minimum absolute atomic E-state index is 0.179. The predicted octanol–water partition coefficient (Wildman–Crippen LogP) is 20.1. The standard InChI is InChI=1S/C28H25F.C15H15F.4C7H8/c1-19-4-11-24(12-5-19)25-13-9-22(10-14-25)16-23-8-6-20(2)27(17-23)28-18-26(29)15-7-21(28)3;1-10-4-5-11(2)14(8-10)15-9-13(16)7-6-12(15)3;4*1-7-5-3-2-4-6-7/h4-15,17-18H,16H2,1-3H3;4-9H,1-3H3;4*2-6H,1H3. The quantitative estimate of drug-likeness (QED) is 0.161. The third-order valence-electron chi connectivity index (χ3n) is 12.2. The molecule has 10 rings (SSSR count). The highest BCUT2D eigenvalue weighted by Crippen LogP contribution is 2.31. The molecule has 0 bridgehead atoms. The SMILES string of the molecule is Cc1ccc(-c2ccc(Cc3ccc(C)c(-c4cc(F)ccc4C)c3)cc2)cc1.Cc1ccc(C)c(-c2cc(F)ccc2C)c1.Cc1ccccc1.Cc1ccccc1.Cc1ccccc1.Cc1ccccc1. The second-order valence-electron chi connectivity index (χ2n) is 18.7. The molecule has 0 fully saturated rings. The molecule has 10 aromatic rings. The van der Waals surface area contributed by atoms with Crippen molar-refractivity contribution in [1.29, 1.82) is 0 Å². The van der Waals surface area contributed by atoms with Crippen molar-refractivity contribution in [3.05, 3.63) is 321 Å². The van der Waals surface area contributed by atoms with E-state index in [1.807, 2.05) is 98.8 Å². The van der Waals surface area contributed by atoms with E-state index in [0.717, 1.165) is 45.4 Å². The molecule has 0 aromatic heterocycles. The lowest BCUT2D eigenvalue weighted by Crippen LogP contribution is -1.93. The van der Waals surface area contributed by atoms with Crippen molar-refractivity contribution in [3.63, 3.8) is 0 Å². The van der Waals surface area contributed by atoms with Crippen LogP contribution < -0.4 is 0 Å². The Morgan fingerprint density at radius 3 is 0.863 bits per heavy atom. The molecular weight excluding hydrogens is 891 g/mol. The van der Waals surface area contributed by atoms with E-state index < -0.39 is 0 Å². The van der Waals surface area contributed by atoms with E-state index in [1.54, 1.807) is 12.1 Å². The van der Waals surface area contributed by atoms with Crippen LogP contribution in [0.2, 0.25) is 0 Å². The maximum absolute atomic E-state index is 13.8. The zero-order chi connectivity index (χ0) is 52.5. The molecule has 0 unspecified atom stereocenters. The van der Waals surface area contributed by atoms with Crippen molar-refractivity contribution in [3.8, 4) is 33.4 Å². The molecule has 0 saturated heterocycles. The molecule has 0 saturated carbocycles. The summed E-state index contributed by atoms with van der Waals surface area (Å²) in [7, 11) is 0. The number of hydrogen-bond acceptors (Lipinski definition) is 0. The van der Waals surface area contributed by atoms with Gasteiger partial charge in [-0.1, -0.05) is 252 Å². The molecule has 0 amide bonds. The lowest BCUT2D eigenvalue weighted by Gasteiger charge is -2.12. The minimum atomic E-state index is -0.193. The average Bonchev–Trinajstić information content (AvgIpc) is 3.39. The summed E-state index contributed by atoms with van der Waals surface area (Å²) in [4.78, 5) is 0. The van der Waals surface area contributed by atoms with Crippen molar-refractivity contribution in [2.75, 3.05) is 0 Å². The van der Waals surface area contributed by atoms with Crippen LogP contribution in [0.1, 0.15) is 66.8 Å². The monoisotopic (exact) mass is 963 g/mol. The number of rotatable bonds is 5. The summed E-state index contributed by atoms with van der Waals surface area (Å²) < 4.78 is 27.1. The molecule has 0 spiro atoms. The van der Waals surface area contributed by atoms with Gasteiger partial charge < -0.3 is 0 Å². The Labute approximate surface area is 436 Å². The summed E-state index contributed by atoms with van der Waals surface area (Å²) in [6, 6.07) is 81.1. The van der Waals surface area contributed by atoms with E-state index in [9.17, 15) is 8.78 Å². The van der Waals surface area contributed by atoms with Crippen LogP contribution in [-0.2, 0) is 6.42 Å². The van der Waals surface area contributed by atoms with Crippen LogP contribution in [0, 0.1) is 80.9 Å². The zero-order valence-electron chi connectivity index (χ0n) is 44.6. The largest absolute Gasteiger partial charge is 0.207 e. The summed E-state index contributed by atoms with van der Waals surface area (Å²) >= 11 is 0. The molecule has 0 N–H and O–H groups in total. The van der Waals surface area contributed by atoms with Gasteiger partial charge in [0.2, 0.25) is 0 Å². The molecule has 0 radical (unpaired) electrons. The molecule has 0 aliphatic rings. The smallest absolute Gasteiger partial charge is 0.123 e. The van der Waals surface area contributed by atoms with Gasteiger partial charge in [-0.2, -0.15) is 0 Å². The molecule has 10 aromatic carbocycles. The molecule has 370 valence electrons. The fraction of sp³-hybridized carbons (Fsp3) is 0.155. The van der Waals surface area contributed by atoms with Crippen LogP contribution in [0.15, 0.2) is 243 Å². The van der Waals surface area contributed by atoms with Crippen LogP contribution in [0.25, 0.3) is 33.4 Å². The first kappa shape index (κ1) is 56.0. The fourth-order valence-corrected chi connectivity index (χ4v) is 7.80. The summed E-state index contributed by atoms with van der Waals surface area (Å²) in [6.07, 6.45) is 0.857. The maximum Gasteiger partial charge on any atom is 0.123 e. The first-order valence-corrected chi connectivity index (χ1v) is 25.1. The van der Waals surface area contributed by atoms with Gasteiger partial charge in [0.25, 0.3) is 0 Å². The summed E-state index contributed by atoms with van der Waals surface area (Å²) in [5, 5.41) is 0. The Kier molecular flexibility index (Phi) is 22.6. The normalized spacial score (nSPS) is 9.97. The number of aryl methyl sites for hydroxylation is 10. The van der Waals surface area contributed by atoms with Crippen LogP contribution in [-0.4, -0.2) is 0 Å². The number of halogens is 2. The van der Waals surface area contributed by atoms with Gasteiger partial charge in [-0.15, -0.1) is 0 Å². The molecule has 2 heteroatoms. The van der Waals surface area contributed by atoms with E-state index in [2.05, 4.69) is 189 Å². The topological polar surface area (TPSA) is 0 Å². The van der Waals surface area contributed by atoms with E-state index in [0.29, 0.717) is 0 Å². The first-order chi connectivity index (χ1) is 35.1. The highest BCUT2D eigenvalue weighted by molar-refractivity contribution is 5.72. The van der Waals surface area contributed by atoms with E-state index in [4.69, 9.17) is 0 Å². The summed E-state index contributed by atoms with van der Waals surface area (Å²) in [5.74, 6) is -0.372. The maximum atomic E-state index is 13.8. The third kappa shape index (κ3) is 19.6. The Bertz CT molecular complexity index is 2960. The summed E-state index contributed by atoms with van der Waals surface area (Å²) in [6.45, 7) is 20.7. The van der Waals surface area contributed by atoms with Crippen LogP contribution >= 0.6 is 0 Å². The minimum Gasteiger partial charge on any atom is -0.207 e. The van der Waals surface area contributed by atoms with Gasteiger partial charge in [0.05, 0.1) is 0 Å². The average molecular weight is 963 g/mol. The van der Waals surface area contributed by atoms with Gasteiger partial charge in [0.1, 0.15) is 11.6 Å². The van der Waals surface area contributed by atoms with Crippen LogP contribution in [0.5, 0.6) is 0 Å². The van der Waals surface area contributed by atoms with Crippen molar-refractivity contribution in [2.45, 2.75) is 75.7 Å². The van der Waals surface area contributed by atoms with E-state index in [1.165, 1.54) is 73.3 Å². The second kappa shape index (κ2) is 29.4. The Hall–Kier alpha value is -7.94. The Morgan fingerprint density at radius 1 is 0.233 bits per heavy atom. The van der Waals surface area contributed by atoms with Crippen molar-refractivity contribution < 1.29 is 8.78 Å². The van der Waals surface area contributed by atoms with Gasteiger partial charge in [-0.05, 0) is 167 Å². The number of hydrogen-bond donors (Lipinski definition) is 0. The van der Waals surface area contributed by atoms with Gasteiger partial charge >= 0.3 is 0 Å². The lowest BCUT2D eigenvalue weighted by molar-refractivity contribution is 0.627. The molecule has 0 nitrogen and oxygen atoms in total.